The Morgan fingerprint density at radius 2 is 2.17 bits per heavy atom. The molecule has 3 heteroatoms. The van der Waals surface area contributed by atoms with Gasteiger partial charge < -0.3 is 15.0 Å². The van der Waals surface area contributed by atoms with Gasteiger partial charge in [0.15, 0.2) is 0 Å². The molecular formula is C15H24N2O. The first-order valence-electron chi connectivity index (χ1n) is 7.02. The number of hydrogen-bond acceptors (Lipinski definition) is 3. The van der Waals surface area contributed by atoms with Crippen LogP contribution >= 0.6 is 0 Å². The van der Waals surface area contributed by atoms with Crippen LogP contribution in [0.5, 0.6) is 5.75 Å². The van der Waals surface area contributed by atoms with E-state index in [-0.39, 0.29) is 0 Å². The van der Waals surface area contributed by atoms with Gasteiger partial charge in [-0.1, -0.05) is 25.1 Å². The summed E-state index contributed by atoms with van der Waals surface area (Å²) >= 11 is 0. The Kier molecular flexibility index (Phi) is 5.49. The summed E-state index contributed by atoms with van der Waals surface area (Å²) in [4.78, 5) is 2.53. The Bertz CT molecular complexity index is 329. The lowest BCUT2D eigenvalue weighted by atomic mass is 10.3. The maximum absolute atomic E-state index is 5.70. The fourth-order valence-corrected chi connectivity index (χ4v) is 2.49. The second kappa shape index (κ2) is 7.39. The molecule has 0 aromatic heterocycles. The third-order valence-corrected chi connectivity index (χ3v) is 3.40. The smallest absolute Gasteiger partial charge is 0.119 e. The SMILES string of the molecule is CCNC1CCN(CCCOc2ccccc2)C1. The van der Waals surface area contributed by atoms with E-state index in [0.29, 0.717) is 6.04 Å². The molecule has 0 bridgehead atoms. The monoisotopic (exact) mass is 248 g/mol. The second-order valence-corrected chi connectivity index (χ2v) is 4.86. The predicted molar refractivity (Wildman–Crippen MR) is 75.1 cm³/mol. The molecule has 1 heterocycles. The molecule has 0 radical (unpaired) electrons. The average Bonchev–Trinajstić information content (AvgIpc) is 2.84. The molecule has 18 heavy (non-hydrogen) atoms. The van der Waals surface area contributed by atoms with Gasteiger partial charge >= 0.3 is 0 Å². The molecular weight excluding hydrogens is 224 g/mol. The van der Waals surface area contributed by atoms with Gasteiger partial charge in [-0.05, 0) is 38.1 Å². The summed E-state index contributed by atoms with van der Waals surface area (Å²) in [6, 6.07) is 10.8. The topological polar surface area (TPSA) is 24.5 Å². The van der Waals surface area contributed by atoms with Gasteiger partial charge in [0, 0.05) is 19.1 Å². The minimum absolute atomic E-state index is 0.699. The lowest BCUT2D eigenvalue weighted by molar-refractivity contribution is 0.260. The highest BCUT2D eigenvalue weighted by Crippen LogP contribution is 2.11. The number of para-hydroxylation sites is 1. The van der Waals surface area contributed by atoms with Gasteiger partial charge in [0.1, 0.15) is 5.75 Å². The van der Waals surface area contributed by atoms with Crippen molar-refractivity contribution >= 4 is 0 Å². The summed E-state index contributed by atoms with van der Waals surface area (Å²) in [5.41, 5.74) is 0. The normalized spacial score (nSPS) is 20.2. The van der Waals surface area contributed by atoms with Crippen molar-refractivity contribution in [2.24, 2.45) is 0 Å². The molecule has 1 aromatic rings. The third kappa shape index (κ3) is 4.31. The van der Waals surface area contributed by atoms with Crippen LogP contribution in [0.4, 0.5) is 0 Å². The molecule has 2 rings (SSSR count). The Labute approximate surface area is 110 Å². The molecule has 1 unspecified atom stereocenters. The molecule has 3 nitrogen and oxygen atoms in total. The fraction of sp³-hybridized carbons (Fsp3) is 0.600. The molecule has 0 aliphatic carbocycles. The Morgan fingerprint density at radius 1 is 1.33 bits per heavy atom. The number of hydrogen-bond donors (Lipinski definition) is 1. The first kappa shape index (κ1) is 13.4. The van der Waals surface area contributed by atoms with Crippen molar-refractivity contribution in [1.29, 1.82) is 0 Å². The lowest BCUT2D eigenvalue weighted by Crippen LogP contribution is -2.32. The second-order valence-electron chi connectivity index (χ2n) is 4.86. The van der Waals surface area contributed by atoms with Crippen molar-refractivity contribution in [2.75, 3.05) is 32.8 Å². The largest absolute Gasteiger partial charge is 0.494 e. The zero-order valence-corrected chi connectivity index (χ0v) is 11.3. The molecule has 0 saturated carbocycles. The molecule has 1 aliphatic rings. The number of ether oxygens (including phenoxy) is 1. The van der Waals surface area contributed by atoms with Crippen molar-refractivity contribution in [3.63, 3.8) is 0 Å². The van der Waals surface area contributed by atoms with Crippen LogP contribution in [0.1, 0.15) is 19.8 Å². The van der Waals surface area contributed by atoms with Gasteiger partial charge in [-0.25, -0.2) is 0 Å². The number of rotatable bonds is 7. The molecule has 0 amide bonds. The zero-order valence-electron chi connectivity index (χ0n) is 11.3. The van der Waals surface area contributed by atoms with Gasteiger partial charge in [0.25, 0.3) is 0 Å². The quantitative estimate of drug-likeness (QED) is 0.748. The van der Waals surface area contributed by atoms with E-state index in [4.69, 9.17) is 4.74 Å². The first-order valence-corrected chi connectivity index (χ1v) is 7.02. The third-order valence-electron chi connectivity index (χ3n) is 3.40. The van der Waals surface area contributed by atoms with Crippen molar-refractivity contribution in [2.45, 2.75) is 25.8 Å². The fourth-order valence-electron chi connectivity index (χ4n) is 2.49. The van der Waals surface area contributed by atoms with E-state index in [0.717, 1.165) is 31.9 Å². The van der Waals surface area contributed by atoms with Crippen molar-refractivity contribution < 1.29 is 4.74 Å². The van der Waals surface area contributed by atoms with Crippen LogP contribution in [0.15, 0.2) is 30.3 Å². The van der Waals surface area contributed by atoms with E-state index in [1.54, 1.807) is 0 Å². The molecule has 1 N–H and O–H groups in total. The number of nitrogens with zero attached hydrogens (tertiary/aromatic N) is 1. The van der Waals surface area contributed by atoms with E-state index in [1.165, 1.54) is 19.5 Å². The minimum atomic E-state index is 0.699. The zero-order chi connectivity index (χ0) is 12.6. The molecule has 1 atom stereocenters. The summed E-state index contributed by atoms with van der Waals surface area (Å²) in [7, 11) is 0. The number of likely N-dealkylation sites (tertiary alicyclic amines) is 1. The first-order chi connectivity index (χ1) is 8.88. The van der Waals surface area contributed by atoms with Crippen LogP contribution in [-0.4, -0.2) is 43.7 Å². The van der Waals surface area contributed by atoms with Gasteiger partial charge in [-0.3, -0.25) is 0 Å². The van der Waals surface area contributed by atoms with Crippen LogP contribution < -0.4 is 10.1 Å². The van der Waals surface area contributed by atoms with Gasteiger partial charge in [0.2, 0.25) is 0 Å². The molecule has 1 saturated heterocycles. The average molecular weight is 248 g/mol. The summed E-state index contributed by atoms with van der Waals surface area (Å²) in [6.45, 7) is 7.63. The Balaban J connectivity index is 1.56. The van der Waals surface area contributed by atoms with Crippen LogP contribution in [-0.2, 0) is 0 Å². The maximum atomic E-state index is 5.70. The van der Waals surface area contributed by atoms with Crippen molar-refractivity contribution in [1.82, 2.24) is 10.2 Å². The molecule has 0 spiro atoms. The highest BCUT2D eigenvalue weighted by Gasteiger charge is 2.20. The molecule has 1 aliphatic heterocycles. The summed E-state index contributed by atoms with van der Waals surface area (Å²) < 4.78 is 5.70. The minimum Gasteiger partial charge on any atom is -0.494 e. The summed E-state index contributed by atoms with van der Waals surface area (Å²) in [5.74, 6) is 0.976. The van der Waals surface area contributed by atoms with E-state index < -0.39 is 0 Å². The van der Waals surface area contributed by atoms with Gasteiger partial charge in [-0.2, -0.15) is 0 Å². The number of nitrogens with one attached hydrogen (secondary N) is 1. The van der Waals surface area contributed by atoms with E-state index in [9.17, 15) is 0 Å². The van der Waals surface area contributed by atoms with E-state index in [2.05, 4.69) is 17.1 Å². The highest BCUT2D eigenvalue weighted by molar-refractivity contribution is 5.20. The number of likely N-dealkylation sites (N-methyl/N-ethyl adjacent to an activating group) is 1. The lowest BCUT2D eigenvalue weighted by Gasteiger charge is -2.16. The van der Waals surface area contributed by atoms with Crippen LogP contribution in [0.25, 0.3) is 0 Å². The van der Waals surface area contributed by atoms with Crippen molar-refractivity contribution in [3.05, 3.63) is 30.3 Å². The number of benzene rings is 1. The standard InChI is InChI=1S/C15H24N2O/c1-2-16-14-9-11-17(13-14)10-6-12-18-15-7-4-3-5-8-15/h3-5,7-8,14,16H,2,6,9-13H2,1H3. The van der Waals surface area contributed by atoms with Gasteiger partial charge in [-0.15, -0.1) is 0 Å². The Morgan fingerprint density at radius 3 is 2.94 bits per heavy atom. The van der Waals surface area contributed by atoms with Crippen LogP contribution in [0.3, 0.4) is 0 Å². The van der Waals surface area contributed by atoms with Crippen LogP contribution in [0.2, 0.25) is 0 Å². The molecule has 1 fully saturated rings. The van der Waals surface area contributed by atoms with Gasteiger partial charge in [0.05, 0.1) is 6.61 Å². The van der Waals surface area contributed by atoms with E-state index in [1.807, 2.05) is 30.3 Å². The molecule has 1 aromatic carbocycles. The highest BCUT2D eigenvalue weighted by atomic mass is 16.5. The summed E-state index contributed by atoms with van der Waals surface area (Å²) in [5, 5.41) is 3.52. The molecule has 100 valence electrons. The predicted octanol–water partition coefficient (Wildman–Crippen LogP) is 2.14. The maximum Gasteiger partial charge on any atom is 0.119 e. The van der Waals surface area contributed by atoms with E-state index >= 15 is 0 Å². The summed E-state index contributed by atoms with van der Waals surface area (Å²) in [6.07, 6.45) is 2.39. The van der Waals surface area contributed by atoms with Crippen LogP contribution in [0, 0.1) is 0 Å². The van der Waals surface area contributed by atoms with Crippen molar-refractivity contribution in [3.8, 4) is 5.75 Å². The Hall–Kier alpha value is -1.06.